The third-order valence-electron chi connectivity index (χ3n) is 3.60. The number of thioether (sulfide) groups is 1. The third-order valence-corrected chi connectivity index (χ3v) is 4.78. The van der Waals surface area contributed by atoms with E-state index in [1.54, 1.807) is 12.1 Å². The molecule has 0 radical (unpaired) electrons. The second-order valence-corrected chi connectivity index (χ2v) is 6.54. The lowest BCUT2D eigenvalue weighted by molar-refractivity contribution is -0.113. The summed E-state index contributed by atoms with van der Waals surface area (Å²) in [5.41, 5.74) is 4.09. The number of aromatic nitrogens is 2. The van der Waals surface area contributed by atoms with E-state index in [4.69, 9.17) is 11.6 Å². The first-order chi connectivity index (χ1) is 10.6. The number of amides is 1. The number of para-hydroxylation sites is 1. The summed E-state index contributed by atoms with van der Waals surface area (Å²) in [6, 6.07) is 7.19. The van der Waals surface area contributed by atoms with Crippen molar-refractivity contribution in [2.24, 2.45) is 0 Å². The van der Waals surface area contributed by atoms with Gasteiger partial charge in [0.15, 0.2) is 5.16 Å². The number of carbonyl (C=O) groups excluding carboxylic acids is 1. The summed E-state index contributed by atoms with van der Waals surface area (Å²) >= 11 is 7.38. The van der Waals surface area contributed by atoms with Crippen LogP contribution < -0.4 is 5.32 Å². The van der Waals surface area contributed by atoms with E-state index in [9.17, 15) is 4.79 Å². The van der Waals surface area contributed by atoms with Crippen LogP contribution in [-0.4, -0.2) is 21.6 Å². The Hall–Kier alpha value is -1.59. The summed E-state index contributed by atoms with van der Waals surface area (Å²) in [6.45, 7) is 2.01. The van der Waals surface area contributed by atoms with Crippen molar-refractivity contribution in [2.45, 2.75) is 31.3 Å². The number of hydrogen-bond donors (Lipinski definition) is 1. The van der Waals surface area contributed by atoms with Crippen molar-refractivity contribution in [3.63, 3.8) is 0 Å². The van der Waals surface area contributed by atoms with Gasteiger partial charge in [-0.2, -0.15) is 0 Å². The van der Waals surface area contributed by atoms with Gasteiger partial charge in [0.2, 0.25) is 5.91 Å². The van der Waals surface area contributed by atoms with Crippen molar-refractivity contribution in [1.29, 1.82) is 0 Å². The first kappa shape index (κ1) is 15.3. The fraction of sp³-hybridized carbons (Fsp3) is 0.312. The predicted molar refractivity (Wildman–Crippen MR) is 89.6 cm³/mol. The van der Waals surface area contributed by atoms with Gasteiger partial charge in [0.05, 0.1) is 16.5 Å². The van der Waals surface area contributed by atoms with E-state index in [0.29, 0.717) is 15.9 Å². The molecule has 1 aromatic heterocycles. The van der Waals surface area contributed by atoms with Gasteiger partial charge in [-0.1, -0.05) is 35.5 Å². The number of aryl methyl sites for hydroxylation is 2. The van der Waals surface area contributed by atoms with E-state index in [1.807, 2.05) is 19.1 Å². The highest BCUT2D eigenvalue weighted by atomic mass is 35.5. The van der Waals surface area contributed by atoms with E-state index >= 15 is 0 Å². The van der Waals surface area contributed by atoms with Crippen LogP contribution in [0.1, 0.15) is 23.4 Å². The minimum absolute atomic E-state index is 0.111. The summed E-state index contributed by atoms with van der Waals surface area (Å²) in [7, 11) is 0. The highest BCUT2D eigenvalue weighted by Gasteiger charge is 2.17. The minimum Gasteiger partial charge on any atom is -0.324 e. The summed E-state index contributed by atoms with van der Waals surface area (Å²) in [5, 5.41) is 4.01. The van der Waals surface area contributed by atoms with Crippen LogP contribution in [0.4, 0.5) is 5.69 Å². The molecule has 114 valence electrons. The molecule has 0 aliphatic heterocycles. The molecule has 2 aromatic rings. The molecule has 0 spiro atoms. The number of nitrogens with one attached hydrogen (secondary N) is 1. The number of benzene rings is 1. The second kappa shape index (κ2) is 6.67. The van der Waals surface area contributed by atoms with Gasteiger partial charge in [-0.05, 0) is 43.9 Å². The topological polar surface area (TPSA) is 54.9 Å². The van der Waals surface area contributed by atoms with E-state index < -0.39 is 0 Å². The molecular weight excluding hydrogens is 318 g/mol. The second-order valence-electron chi connectivity index (χ2n) is 5.19. The van der Waals surface area contributed by atoms with Crippen LogP contribution in [0.5, 0.6) is 0 Å². The average molecular weight is 334 g/mol. The molecular formula is C16H16ClN3OS. The van der Waals surface area contributed by atoms with Gasteiger partial charge in [0.25, 0.3) is 0 Å². The number of carbonyl (C=O) groups is 1. The number of rotatable bonds is 4. The molecule has 1 aliphatic carbocycles. The van der Waals surface area contributed by atoms with Gasteiger partial charge in [0, 0.05) is 11.4 Å². The summed E-state index contributed by atoms with van der Waals surface area (Å²) in [5.74, 6) is 0.156. The molecule has 6 heteroatoms. The van der Waals surface area contributed by atoms with E-state index in [-0.39, 0.29) is 11.7 Å². The number of nitrogens with zero attached hydrogens (tertiary/aromatic N) is 2. The number of hydrogen-bond acceptors (Lipinski definition) is 4. The lowest BCUT2D eigenvalue weighted by Crippen LogP contribution is -2.14. The lowest BCUT2D eigenvalue weighted by Gasteiger charge is -2.08. The van der Waals surface area contributed by atoms with Crippen LogP contribution in [0, 0.1) is 6.92 Å². The van der Waals surface area contributed by atoms with Crippen LogP contribution in [0.25, 0.3) is 0 Å². The maximum atomic E-state index is 12.0. The summed E-state index contributed by atoms with van der Waals surface area (Å²) < 4.78 is 0. The average Bonchev–Trinajstić information content (AvgIpc) is 2.97. The Balaban J connectivity index is 1.62. The SMILES string of the molecule is Cc1nc(SCC(=O)Nc2ccccc2Cl)nc2c1CCC2. The van der Waals surface area contributed by atoms with Crippen LogP contribution in [-0.2, 0) is 17.6 Å². The van der Waals surface area contributed by atoms with Crippen molar-refractivity contribution in [1.82, 2.24) is 9.97 Å². The normalized spacial score (nSPS) is 13.0. The van der Waals surface area contributed by atoms with Crippen molar-refractivity contribution in [3.05, 3.63) is 46.2 Å². The molecule has 1 heterocycles. The molecule has 22 heavy (non-hydrogen) atoms. The Morgan fingerprint density at radius 1 is 1.32 bits per heavy atom. The largest absolute Gasteiger partial charge is 0.324 e. The third kappa shape index (κ3) is 3.42. The van der Waals surface area contributed by atoms with Gasteiger partial charge >= 0.3 is 0 Å². The lowest BCUT2D eigenvalue weighted by atomic mass is 10.2. The van der Waals surface area contributed by atoms with E-state index in [0.717, 1.165) is 30.7 Å². The molecule has 0 saturated heterocycles. The molecule has 3 rings (SSSR count). The Morgan fingerprint density at radius 2 is 2.14 bits per heavy atom. The Morgan fingerprint density at radius 3 is 2.95 bits per heavy atom. The van der Waals surface area contributed by atoms with Gasteiger partial charge in [-0.3, -0.25) is 4.79 Å². The molecule has 1 N–H and O–H groups in total. The standard InChI is InChI=1S/C16H16ClN3OS/c1-10-11-5-4-8-13(11)20-16(18-10)22-9-15(21)19-14-7-3-2-6-12(14)17/h2-3,6-7H,4-5,8-9H2,1H3,(H,19,21). The first-order valence-electron chi connectivity index (χ1n) is 7.17. The van der Waals surface area contributed by atoms with Gasteiger partial charge in [-0.25, -0.2) is 9.97 Å². The monoisotopic (exact) mass is 333 g/mol. The zero-order valence-corrected chi connectivity index (χ0v) is 13.8. The van der Waals surface area contributed by atoms with Crippen molar-refractivity contribution < 1.29 is 4.79 Å². The molecule has 0 saturated carbocycles. The molecule has 0 atom stereocenters. The molecule has 0 unspecified atom stereocenters. The molecule has 1 aromatic carbocycles. The quantitative estimate of drug-likeness (QED) is 0.685. The smallest absolute Gasteiger partial charge is 0.234 e. The van der Waals surface area contributed by atoms with Gasteiger partial charge in [-0.15, -0.1) is 0 Å². The molecule has 1 aliphatic rings. The predicted octanol–water partition coefficient (Wildman–Crippen LogP) is 3.66. The zero-order chi connectivity index (χ0) is 15.5. The van der Waals surface area contributed by atoms with E-state index in [1.165, 1.54) is 17.3 Å². The van der Waals surface area contributed by atoms with Crippen LogP contribution in [0.3, 0.4) is 0 Å². The Labute approximate surface area is 138 Å². The van der Waals surface area contributed by atoms with Crippen molar-refractivity contribution >= 4 is 35.0 Å². The fourth-order valence-corrected chi connectivity index (χ4v) is 3.43. The first-order valence-corrected chi connectivity index (χ1v) is 8.53. The maximum Gasteiger partial charge on any atom is 0.234 e. The van der Waals surface area contributed by atoms with Gasteiger partial charge in [0.1, 0.15) is 0 Å². The fourth-order valence-electron chi connectivity index (χ4n) is 2.54. The number of fused-ring (bicyclic) bond motifs is 1. The van der Waals surface area contributed by atoms with Crippen LogP contribution >= 0.6 is 23.4 Å². The molecule has 0 fully saturated rings. The molecule has 0 bridgehead atoms. The summed E-state index contributed by atoms with van der Waals surface area (Å²) in [4.78, 5) is 21.1. The van der Waals surface area contributed by atoms with Gasteiger partial charge < -0.3 is 5.32 Å². The highest BCUT2D eigenvalue weighted by Crippen LogP contribution is 2.26. The Bertz CT molecular complexity index is 721. The summed E-state index contributed by atoms with van der Waals surface area (Å²) in [6.07, 6.45) is 3.23. The zero-order valence-electron chi connectivity index (χ0n) is 12.2. The van der Waals surface area contributed by atoms with Crippen LogP contribution in [0.15, 0.2) is 29.4 Å². The highest BCUT2D eigenvalue weighted by molar-refractivity contribution is 7.99. The van der Waals surface area contributed by atoms with Crippen molar-refractivity contribution in [3.8, 4) is 0 Å². The van der Waals surface area contributed by atoms with Crippen molar-refractivity contribution in [2.75, 3.05) is 11.1 Å². The number of halogens is 1. The number of anilines is 1. The van der Waals surface area contributed by atoms with E-state index in [2.05, 4.69) is 15.3 Å². The minimum atomic E-state index is -0.111. The molecule has 4 nitrogen and oxygen atoms in total. The maximum absolute atomic E-state index is 12.0. The van der Waals surface area contributed by atoms with Crippen LogP contribution in [0.2, 0.25) is 5.02 Å². The molecule has 1 amide bonds. The Kier molecular flexibility index (Phi) is 4.64.